The van der Waals surface area contributed by atoms with E-state index in [1.165, 1.54) is 6.07 Å². The SMILES string of the molecule is CC(=O)NC1[C@H](OCCCCC(=O)COc2cc(C(=O)CCCNC(=O)CCCC[C@@H]3SC[C@@H]4NC(=O)N[C@@H]43)cc(-c3cccc(OCC(=O)NCCCO[C@@H]4OC(CO)[C@@H](O[C@@H]5OC(CO)[C@H](O)[C@H](O[C@H]6OC(CO)[C@H](O)[C@H](O)C6O)C5O)[C@H](O)C4NC(C)=O)c3)c2)OC(CO)[C@@H](O[C@@H]2OC(CO)[C@H](O)[C@H](O[C@H]3OC(CO)[C@H](O)[C@H](O)C3O)C2O)[C@@H]1O. The maximum Gasteiger partial charge on any atom is 0.315 e. The number of hydrogen-bond acceptors (Lipinski definition) is 40. The van der Waals surface area contributed by atoms with Gasteiger partial charge >= 0.3 is 6.03 Å². The highest BCUT2D eigenvalue weighted by atomic mass is 32.2. The predicted molar refractivity (Wildman–Crippen MR) is 413 cm³/mol. The average Bonchev–Trinajstić information content (AvgIpc) is 1.74. The van der Waals surface area contributed by atoms with Crippen molar-refractivity contribution in [3.05, 3.63) is 48.0 Å². The maximum absolute atomic E-state index is 14.1. The summed E-state index contributed by atoms with van der Waals surface area (Å²) in [6, 6.07) is 8.30. The Kier molecular flexibility index (Phi) is 37.9. The van der Waals surface area contributed by atoms with Crippen molar-refractivity contribution in [2.45, 2.75) is 280 Å². The maximum atomic E-state index is 14.1. The first kappa shape index (κ1) is 98.9. The van der Waals surface area contributed by atoms with Crippen molar-refractivity contribution in [1.82, 2.24) is 31.9 Å². The lowest BCUT2D eigenvalue weighted by molar-refractivity contribution is -0.376. The number of rotatable bonds is 44. The first-order valence-corrected chi connectivity index (χ1v) is 41.9. The lowest BCUT2D eigenvalue weighted by Gasteiger charge is -2.48. The molecule has 8 aliphatic heterocycles. The quantitative estimate of drug-likeness (QED) is 0.0166. The van der Waals surface area contributed by atoms with Crippen LogP contribution >= 0.6 is 11.8 Å². The Bertz CT molecular complexity index is 3720. The monoisotopic (exact) mass is 1780 g/mol. The van der Waals surface area contributed by atoms with E-state index in [4.69, 9.17) is 66.3 Å². The van der Waals surface area contributed by atoms with Crippen LogP contribution in [0.1, 0.15) is 88.4 Å². The Morgan fingerprint density at radius 2 is 0.902 bits per heavy atom. The number of unbranched alkanes of at least 4 members (excludes halogenated alkanes) is 2. The molecule has 8 saturated heterocycles. The summed E-state index contributed by atoms with van der Waals surface area (Å²) in [5.74, 6) is -1.66. The zero-order chi connectivity index (χ0) is 89.0. The number of carbonyl (C=O) groups is 7. The fourth-order valence-corrected chi connectivity index (χ4v) is 17.0. The summed E-state index contributed by atoms with van der Waals surface area (Å²) in [6.07, 6.45) is -46.0. The van der Waals surface area contributed by atoms with E-state index in [0.29, 0.717) is 17.5 Å². The predicted octanol–water partition coefficient (Wildman–Crippen LogP) is -9.62. The Hall–Kier alpha value is -6.32. The number of thioether (sulfide) groups is 1. The molecular formula is C77H116N6O39S. The molecule has 8 aliphatic rings. The van der Waals surface area contributed by atoms with Gasteiger partial charge in [0, 0.05) is 69.4 Å². The average molecular weight is 1780 g/mol. The van der Waals surface area contributed by atoms with Gasteiger partial charge in [-0.3, -0.25) is 28.8 Å². The number of aliphatic hydroxyl groups is 18. The van der Waals surface area contributed by atoms with Gasteiger partial charge in [0.15, 0.2) is 55.9 Å². The Labute approximate surface area is 709 Å². The summed E-state index contributed by atoms with van der Waals surface area (Å²) in [6.45, 7) is -4.07. The van der Waals surface area contributed by atoms with Gasteiger partial charge in [0.05, 0.1) is 58.3 Å². The molecule has 6 amide bonds. The Morgan fingerprint density at radius 3 is 1.43 bits per heavy atom. The van der Waals surface area contributed by atoms with E-state index in [1.54, 1.807) is 48.2 Å². The van der Waals surface area contributed by atoms with Crippen LogP contribution in [0.15, 0.2) is 42.5 Å². The molecule has 0 aromatic heterocycles. The number of Topliss-reactive ketones (excluding diaryl/α,β-unsaturated/α-hetero) is 2. The van der Waals surface area contributed by atoms with Crippen molar-refractivity contribution in [2.24, 2.45) is 0 Å². The number of aliphatic hydroxyl groups excluding tert-OH is 18. The van der Waals surface area contributed by atoms with Crippen molar-refractivity contribution < 1.29 is 192 Å². The summed E-state index contributed by atoms with van der Waals surface area (Å²) in [4.78, 5) is 90.6. The third-order valence-electron chi connectivity index (χ3n) is 22.2. The first-order chi connectivity index (χ1) is 58.9. The second-order valence-corrected chi connectivity index (χ2v) is 32.4. The number of benzene rings is 2. The smallest absolute Gasteiger partial charge is 0.315 e. The van der Waals surface area contributed by atoms with Crippen LogP contribution in [0.2, 0.25) is 0 Å². The third-order valence-corrected chi connectivity index (χ3v) is 23.7. The third kappa shape index (κ3) is 25.8. The molecule has 2 aromatic rings. The number of urea groups is 1. The molecule has 12 unspecified atom stereocenters. The Morgan fingerprint density at radius 1 is 0.439 bits per heavy atom. The van der Waals surface area contributed by atoms with Crippen LogP contribution in [0.25, 0.3) is 11.1 Å². The molecule has 8 fully saturated rings. The number of amides is 6. The molecule has 10 rings (SSSR count). The largest absolute Gasteiger partial charge is 0.486 e. The second kappa shape index (κ2) is 47.1. The summed E-state index contributed by atoms with van der Waals surface area (Å²) in [5, 5.41) is 208. The van der Waals surface area contributed by atoms with E-state index in [9.17, 15) is 125 Å². The van der Waals surface area contributed by atoms with Crippen LogP contribution in [-0.2, 0) is 80.8 Å². The van der Waals surface area contributed by atoms with Crippen LogP contribution in [-0.4, -0.2) is 419 Å². The van der Waals surface area contributed by atoms with E-state index in [0.717, 1.165) is 32.4 Å². The minimum atomic E-state index is -2.04. The zero-order valence-corrected chi connectivity index (χ0v) is 68.2. The van der Waals surface area contributed by atoms with Crippen molar-refractivity contribution >= 4 is 53.0 Å². The fraction of sp³-hybridized carbons (Fsp3) is 0.753. The summed E-state index contributed by atoms with van der Waals surface area (Å²) in [5.41, 5.74) is 1.12. The molecule has 0 radical (unpaired) electrons. The van der Waals surface area contributed by atoms with Gasteiger partial charge in [0.2, 0.25) is 17.7 Å². The minimum Gasteiger partial charge on any atom is -0.486 e. The van der Waals surface area contributed by atoms with Crippen LogP contribution < -0.4 is 41.4 Å². The standard InChI is InChI=1S/C77H116N6O39S/c1-33(90)80-53-59(100)67(119-75-65(106)69(57(98)45(26-86)115-75)121-73-63(104)61(102)55(96)43(24-84)113-73)47(28-88)117-71(53)109-18-6-5-11-38(92)30-111-40-22-36(20-37(23-40)42(93)13-8-16-78-50(94)15-4-3-14-49-52-41(32-123-49)82-77(108)83-52)35-10-7-12-39(21-35)112-31-51(95)79-17-9-19-110-72-54(81-34(2)91)60(101)68(48(29-89)118-72)120-76-66(107)70(58(99)46(27-87)116-76)122-74-64(105)62(103)56(97)44(25-85)114-74/h7,10,12,20-23,41,43-49,52-76,84-89,96-107H,3-6,8-9,11,13-19,24-32H2,1-2H3,(H,78,94)(H,79,95)(H,80,90)(H,81,91)(H2,82,83,108)/t41-,43?,44?,45?,46?,47?,48?,49-,52-,53?,54?,55-,56-,57-,58-,59+,60+,61-,62-,63?,64?,65?,66?,67+,68+,69-,70-,71+,72+,73+,74+,75-,76-/m0/s1. The molecule has 24 N–H and O–H groups in total. The molecule has 694 valence electrons. The van der Waals surface area contributed by atoms with Crippen molar-refractivity contribution in [3.8, 4) is 22.6 Å². The minimum absolute atomic E-state index is 0.00454. The first-order valence-electron chi connectivity index (χ1n) is 40.8. The summed E-state index contributed by atoms with van der Waals surface area (Å²) >= 11 is 1.79. The fourth-order valence-electron chi connectivity index (χ4n) is 15.5. The van der Waals surface area contributed by atoms with Crippen LogP contribution in [0.5, 0.6) is 11.5 Å². The highest BCUT2D eigenvalue weighted by Crippen LogP contribution is 2.39. The molecule has 45 nitrogen and oxygen atoms in total. The lowest BCUT2D eigenvalue weighted by Crippen LogP contribution is -2.68. The molecule has 0 spiro atoms. The van der Waals surface area contributed by atoms with Gasteiger partial charge < -0.3 is 190 Å². The van der Waals surface area contributed by atoms with E-state index >= 15 is 0 Å². The zero-order valence-electron chi connectivity index (χ0n) is 67.4. The van der Waals surface area contributed by atoms with Crippen molar-refractivity contribution in [2.75, 3.05) is 84.9 Å². The van der Waals surface area contributed by atoms with E-state index in [-0.39, 0.29) is 129 Å². The molecule has 123 heavy (non-hydrogen) atoms. The highest BCUT2D eigenvalue weighted by Gasteiger charge is 2.57. The summed E-state index contributed by atoms with van der Waals surface area (Å²) in [7, 11) is 0. The number of ketones is 2. The number of fused-ring (bicyclic) bond motifs is 1. The Balaban J connectivity index is 0.711. The molecule has 33 atom stereocenters. The highest BCUT2D eigenvalue weighted by molar-refractivity contribution is 8.00. The molecule has 0 saturated carbocycles. The van der Waals surface area contributed by atoms with Gasteiger partial charge in [-0.05, 0) is 80.0 Å². The number of ether oxygens (including phenoxy) is 14. The van der Waals surface area contributed by atoms with Gasteiger partial charge in [-0.1, -0.05) is 18.6 Å². The van der Waals surface area contributed by atoms with E-state index in [2.05, 4.69) is 31.9 Å². The second-order valence-electron chi connectivity index (χ2n) is 31.1. The van der Waals surface area contributed by atoms with Gasteiger partial charge in [0.25, 0.3) is 5.91 Å². The number of hydrogen-bond donors (Lipinski definition) is 24. The molecule has 0 aliphatic carbocycles. The van der Waals surface area contributed by atoms with E-state index < -0.39 is 255 Å². The van der Waals surface area contributed by atoms with Gasteiger partial charge in [-0.25, -0.2) is 4.79 Å². The molecule has 46 heteroatoms. The van der Waals surface area contributed by atoms with E-state index in [1.807, 2.05) is 0 Å². The lowest BCUT2D eigenvalue weighted by atomic mass is 9.95. The summed E-state index contributed by atoms with van der Waals surface area (Å²) < 4.78 is 80.9. The van der Waals surface area contributed by atoms with Gasteiger partial charge in [0.1, 0.15) is 164 Å². The van der Waals surface area contributed by atoms with Crippen molar-refractivity contribution in [3.63, 3.8) is 0 Å². The number of nitrogens with one attached hydrogen (secondary N) is 6. The number of carbonyl (C=O) groups excluding carboxylic acids is 7. The normalized spacial score (nSPS) is 36.9. The molecule has 0 bridgehead atoms. The van der Waals surface area contributed by atoms with Gasteiger partial charge in [-0.15, -0.1) is 0 Å². The molecule has 2 aromatic carbocycles. The van der Waals surface area contributed by atoms with Crippen molar-refractivity contribution in [1.29, 1.82) is 0 Å². The van der Waals surface area contributed by atoms with Crippen LogP contribution in [0, 0.1) is 0 Å². The molecular weight excluding hydrogens is 1660 g/mol. The molecule has 8 heterocycles. The van der Waals surface area contributed by atoms with Gasteiger partial charge in [-0.2, -0.15) is 11.8 Å². The topological polar surface area (TPSA) is 685 Å². The van der Waals surface area contributed by atoms with Crippen LogP contribution in [0.3, 0.4) is 0 Å². The van der Waals surface area contributed by atoms with Crippen LogP contribution in [0.4, 0.5) is 4.79 Å².